The summed E-state index contributed by atoms with van der Waals surface area (Å²) in [6.45, 7) is 1.94. The fourth-order valence-corrected chi connectivity index (χ4v) is 2.42. The van der Waals surface area contributed by atoms with Gasteiger partial charge in [0.25, 0.3) is 0 Å². The maximum Gasteiger partial charge on any atom is 0.118 e. The molecule has 0 saturated carbocycles. The standard InChI is InChI=1S/C15H17NO2S/c1-3-15(17)14-9-8-13(10-16-14)19-12-6-4-11(18-2)5-7-12/h4-10,15,17H,3H2,1-2H3/t15-/m1/s1. The lowest BCUT2D eigenvalue weighted by Crippen LogP contribution is -1.97. The molecular weight excluding hydrogens is 258 g/mol. The lowest BCUT2D eigenvalue weighted by atomic mass is 10.2. The SMILES string of the molecule is CC[C@@H](O)c1ccc(Sc2ccc(OC)cc2)cn1. The number of rotatable bonds is 5. The molecule has 1 atom stereocenters. The molecule has 0 unspecified atom stereocenters. The molecule has 0 radical (unpaired) electrons. The van der Waals surface area contributed by atoms with E-state index in [1.54, 1.807) is 25.1 Å². The van der Waals surface area contributed by atoms with E-state index in [2.05, 4.69) is 4.98 Å². The van der Waals surface area contributed by atoms with Gasteiger partial charge in [0.1, 0.15) is 5.75 Å². The molecule has 1 heterocycles. The second-order valence-electron chi connectivity index (χ2n) is 4.12. The highest BCUT2D eigenvalue weighted by Gasteiger charge is 2.06. The van der Waals surface area contributed by atoms with E-state index in [1.165, 1.54) is 0 Å². The van der Waals surface area contributed by atoms with Crippen LogP contribution in [0.3, 0.4) is 0 Å². The molecule has 0 saturated heterocycles. The van der Waals surface area contributed by atoms with E-state index in [4.69, 9.17) is 4.74 Å². The van der Waals surface area contributed by atoms with Crippen LogP contribution in [-0.4, -0.2) is 17.2 Å². The predicted molar refractivity (Wildman–Crippen MR) is 76.6 cm³/mol. The third-order valence-corrected chi connectivity index (χ3v) is 3.77. The van der Waals surface area contributed by atoms with Gasteiger partial charge in [0.05, 0.1) is 18.9 Å². The molecule has 0 aliphatic carbocycles. The summed E-state index contributed by atoms with van der Waals surface area (Å²) in [6, 6.07) is 11.8. The third-order valence-electron chi connectivity index (χ3n) is 2.78. The summed E-state index contributed by atoms with van der Waals surface area (Å²) in [6.07, 6.45) is 2.00. The van der Waals surface area contributed by atoms with Crippen molar-refractivity contribution >= 4 is 11.8 Å². The zero-order valence-corrected chi connectivity index (χ0v) is 11.9. The molecule has 19 heavy (non-hydrogen) atoms. The fourth-order valence-electron chi connectivity index (χ4n) is 1.64. The maximum absolute atomic E-state index is 9.68. The molecule has 2 aromatic rings. The Morgan fingerprint density at radius 2 is 1.84 bits per heavy atom. The van der Waals surface area contributed by atoms with Crippen LogP contribution in [0.2, 0.25) is 0 Å². The molecule has 100 valence electrons. The molecule has 1 aromatic carbocycles. The van der Waals surface area contributed by atoms with E-state index in [1.807, 2.05) is 43.3 Å². The van der Waals surface area contributed by atoms with Crippen LogP contribution < -0.4 is 4.74 Å². The van der Waals surface area contributed by atoms with E-state index in [9.17, 15) is 5.11 Å². The number of methoxy groups -OCH3 is 1. The third kappa shape index (κ3) is 3.72. The summed E-state index contributed by atoms with van der Waals surface area (Å²) in [7, 11) is 1.66. The predicted octanol–water partition coefficient (Wildman–Crippen LogP) is 3.68. The molecule has 4 heteroatoms. The highest BCUT2D eigenvalue weighted by atomic mass is 32.2. The lowest BCUT2D eigenvalue weighted by molar-refractivity contribution is 0.169. The quantitative estimate of drug-likeness (QED) is 0.903. The van der Waals surface area contributed by atoms with Gasteiger partial charge in [-0.05, 0) is 42.8 Å². The second-order valence-corrected chi connectivity index (χ2v) is 5.27. The Kier molecular flexibility index (Phi) is 4.82. The van der Waals surface area contributed by atoms with Crippen molar-refractivity contribution in [3.63, 3.8) is 0 Å². The zero-order chi connectivity index (χ0) is 13.7. The van der Waals surface area contributed by atoms with Crippen molar-refractivity contribution in [1.29, 1.82) is 0 Å². The van der Waals surface area contributed by atoms with Crippen LogP contribution in [0, 0.1) is 0 Å². The molecule has 0 aliphatic heterocycles. The number of aliphatic hydroxyl groups is 1. The first-order valence-electron chi connectivity index (χ1n) is 6.19. The van der Waals surface area contributed by atoms with E-state index in [0.29, 0.717) is 6.42 Å². The lowest BCUT2D eigenvalue weighted by Gasteiger charge is -2.08. The van der Waals surface area contributed by atoms with Gasteiger partial charge >= 0.3 is 0 Å². The fraction of sp³-hybridized carbons (Fsp3) is 0.267. The normalized spacial score (nSPS) is 12.2. The molecule has 2 rings (SSSR count). The Bertz CT molecular complexity index is 511. The average molecular weight is 275 g/mol. The Balaban J connectivity index is 2.06. The van der Waals surface area contributed by atoms with Crippen molar-refractivity contribution in [3.05, 3.63) is 48.3 Å². The van der Waals surface area contributed by atoms with Crippen molar-refractivity contribution in [1.82, 2.24) is 4.98 Å². The van der Waals surface area contributed by atoms with Gasteiger partial charge in [-0.15, -0.1) is 0 Å². The Morgan fingerprint density at radius 3 is 2.37 bits per heavy atom. The number of aromatic nitrogens is 1. The Morgan fingerprint density at radius 1 is 1.16 bits per heavy atom. The van der Waals surface area contributed by atoms with E-state index in [0.717, 1.165) is 21.2 Å². The van der Waals surface area contributed by atoms with E-state index in [-0.39, 0.29) is 0 Å². The summed E-state index contributed by atoms with van der Waals surface area (Å²) >= 11 is 1.64. The molecular formula is C15H17NO2S. The number of hydrogen-bond donors (Lipinski definition) is 1. The van der Waals surface area contributed by atoms with Gasteiger partial charge in [0, 0.05) is 16.0 Å². The molecule has 1 aromatic heterocycles. The summed E-state index contributed by atoms with van der Waals surface area (Å²) in [5, 5.41) is 9.68. The topological polar surface area (TPSA) is 42.4 Å². The van der Waals surface area contributed by atoms with Crippen molar-refractivity contribution in [2.45, 2.75) is 29.2 Å². The van der Waals surface area contributed by atoms with Crippen molar-refractivity contribution in [2.75, 3.05) is 7.11 Å². The first-order chi connectivity index (χ1) is 9.22. The first kappa shape index (κ1) is 13.9. The van der Waals surface area contributed by atoms with E-state index < -0.39 is 6.10 Å². The molecule has 0 fully saturated rings. The van der Waals surface area contributed by atoms with Gasteiger partial charge < -0.3 is 9.84 Å². The van der Waals surface area contributed by atoms with Crippen LogP contribution in [0.25, 0.3) is 0 Å². The summed E-state index contributed by atoms with van der Waals surface area (Å²) in [5.41, 5.74) is 0.724. The van der Waals surface area contributed by atoms with Gasteiger partial charge in [0.2, 0.25) is 0 Å². The number of aliphatic hydroxyl groups excluding tert-OH is 1. The summed E-state index contributed by atoms with van der Waals surface area (Å²) in [4.78, 5) is 6.47. The number of pyridine rings is 1. The maximum atomic E-state index is 9.68. The van der Waals surface area contributed by atoms with Gasteiger partial charge in [-0.2, -0.15) is 0 Å². The highest BCUT2D eigenvalue weighted by Crippen LogP contribution is 2.29. The van der Waals surface area contributed by atoms with Crippen LogP contribution >= 0.6 is 11.8 Å². The largest absolute Gasteiger partial charge is 0.497 e. The van der Waals surface area contributed by atoms with Crippen LogP contribution in [0.15, 0.2) is 52.4 Å². The number of benzene rings is 1. The van der Waals surface area contributed by atoms with Crippen molar-refractivity contribution in [3.8, 4) is 5.75 Å². The minimum Gasteiger partial charge on any atom is -0.497 e. The number of nitrogens with zero attached hydrogens (tertiary/aromatic N) is 1. The first-order valence-corrected chi connectivity index (χ1v) is 7.00. The molecule has 0 spiro atoms. The molecule has 0 amide bonds. The van der Waals surface area contributed by atoms with Gasteiger partial charge in [0.15, 0.2) is 0 Å². The van der Waals surface area contributed by atoms with Crippen LogP contribution in [0.1, 0.15) is 25.1 Å². The summed E-state index contributed by atoms with van der Waals surface area (Å²) in [5.74, 6) is 0.851. The van der Waals surface area contributed by atoms with Crippen LogP contribution in [-0.2, 0) is 0 Å². The van der Waals surface area contributed by atoms with Gasteiger partial charge in [-0.25, -0.2) is 0 Å². The van der Waals surface area contributed by atoms with Gasteiger partial charge in [-0.1, -0.05) is 18.7 Å². The van der Waals surface area contributed by atoms with E-state index >= 15 is 0 Å². The number of hydrogen-bond acceptors (Lipinski definition) is 4. The monoisotopic (exact) mass is 275 g/mol. The number of ether oxygens (including phenoxy) is 1. The molecule has 3 nitrogen and oxygen atoms in total. The van der Waals surface area contributed by atoms with Crippen molar-refractivity contribution < 1.29 is 9.84 Å². The Hall–Kier alpha value is -1.52. The average Bonchev–Trinajstić information content (AvgIpc) is 2.48. The summed E-state index contributed by atoms with van der Waals surface area (Å²) < 4.78 is 5.12. The van der Waals surface area contributed by atoms with Crippen molar-refractivity contribution in [2.24, 2.45) is 0 Å². The second kappa shape index (κ2) is 6.59. The van der Waals surface area contributed by atoms with Crippen LogP contribution in [0.4, 0.5) is 0 Å². The van der Waals surface area contributed by atoms with Crippen LogP contribution in [0.5, 0.6) is 5.75 Å². The molecule has 0 aliphatic rings. The molecule has 0 bridgehead atoms. The minimum atomic E-state index is -0.472. The van der Waals surface area contributed by atoms with Gasteiger partial charge in [-0.3, -0.25) is 4.98 Å². The smallest absolute Gasteiger partial charge is 0.118 e. The minimum absolute atomic E-state index is 0.472. The molecule has 1 N–H and O–H groups in total. The highest BCUT2D eigenvalue weighted by molar-refractivity contribution is 7.99. The zero-order valence-electron chi connectivity index (χ0n) is 11.0. The Labute approximate surface area is 117 Å².